The Bertz CT molecular complexity index is 909. The highest BCUT2D eigenvalue weighted by molar-refractivity contribution is 6.00. The van der Waals surface area contributed by atoms with Crippen LogP contribution in [0, 0.1) is 0 Å². The molecule has 2 amide bonds. The molecule has 140 valence electrons. The van der Waals surface area contributed by atoms with Crippen molar-refractivity contribution in [2.24, 2.45) is 0 Å². The first-order chi connectivity index (χ1) is 13.1. The van der Waals surface area contributed by atoms with Crippen LogP contribution >= 0.6 is 0 Å². The van der Waals surface area contributed by atoms with Gasteiger partial charge in [0.1, 0.15) is 6.54 Å². The van der Waals surface area contributed by atoms with Gasteiger partial charge < -0.3 is 19.3 Å². The van der Waals surface area contributed by atoms with Gasteiger partial charge in [0.15, 0.2) is 11.5 Å². The average Bonchev–Trinajstić information content (AvgIpc) is 3.02. The third-order valence-electron chi connectivity index (χ3n) is 5.29. The SMILES string of the molecule is COc1cc2c(cc1OC)CN(C(=O)CN1Cc3ccccc3C1=O)CC2. The molecule has 6 nitrogen and oxygen atoms in total. The number of ether oxygens (including phenoxy) is 2. The molecule has 0 fully saturated rings. The standard InChI is InChI=1S/C21H22N2O4/c1-26-18-9-14-7-8-22(12-16(14)10-19(18)27-2)20(24)13-23-11-15-5-3-4-6-17(15)21(23)25/h3-6,9-10H,7-8,11-13H2,1-2H3. The number of rotatable bonds is 4. The second kappa shape index (κ2) is 6.95. The fraction of sp³-hybridized carbons (Fsp3) is 0.333. The molecule has 2 aromatic carbocycles. The lowest BCUT2D eigenvalue weighted by atomic mass is 9.98. The topological polar surface area (TPSA) is 59.1 Å². The first-order valence-corrected chi connectivity index (χ1v) is 8.99. The van der Waals surface area contributed by atoms with Crippen LogP contribution < -0.4 is 9.47 Å². The lowest BCUT2D eigenvalue weighted by Crippen LogP contribution is -2.42. The first-order valence-electron chi connectivity index (χ1n) is 8.99. The Balaban J connectivity index is 1.47. The van der Waals surface area contributed by atoms with Crippen LogP contribution in [-0.2, 0) is 24.3 Å². The normalized spacial score (nSPS) is 15.4. The van der Waals surface area contributed by atoms with Gasteiger partial charge in [-0.25, -0.2) is 0 Å². The molecule has 6 heteroatoms. The number of carbonyl (C=O) groups is 2. The van der Waals surface area contributed by atoms with Gasteiger partial charge in [-0.15, -0.1) is 0 Å². The van der Waals surface area contributed by atoms with Gasteiger partial charge >= 0.3 is 0 Å². The quantitative estimate of drug-likeness (QED) is 0.833. The van der Waals surface area contributed by atoms with E-state index in [1.54, 1.807) is 19.1 Å². The number of hydrogen-bond donors (Lipinski definition) is 0. The molecule has 0 saturated carbocycles. The fourth-order valence-corrected chi connectivity index (χ4v) is 3.80. The summed E-state index contributed by atoms with van der Waals surface area (Å²) in [4.78, 5) is 28.7. The van der Waals surface area contributed by atoms with E-state index >= 15 is 0 Å². The number of fused-ring (bicyclic) bond motifs is 2. The molecule has 0 radical (unpaired) electrons. The number of amides is 2. The maximum atomic E-state index is 12.8. The summed E-state index contributed by atoms with van der Waals surface area (Å²) in [7, 11) is 3.22. The van der Waals surface area contributed by atoms with Crippen LogP contribution in [0.15, 0.2) is 36.4 Å². The van der Waals surface area contributed by atoms with Crippen LogP contribution in [0.1, 0.15) is 27.0 Å². The van der Waals surface area contributed by atoms with E-state index in [0.717, 1.165) is 17.5 Å². The summed E-state index contributed by atoms with van der Waals surface area (Å²) in [6.07, 6.45) is 0.760. The zero-order chi connectivity index (χ0) is 19.0. The Labute approximate surface area is 158 Å². The van der Waals surface area contributed by atoms with Gasteiger partial charge in [-0.3, -0.25) is 9.59 Å². The monoisotopic (exact) mass is 366 g/mol. The summed E-state index contributed by atoms with van der Waals surface area (Å²) in [5, 5.41) is 0. The molecule has 0 bridgehead atoms. The van der Waals surface area contributed by atoms with Crippen molar-refractivity contribution in [2.45, 2.75) is 19.5 Å². The Hall–Kier alpha value is -3.02. The van der Waals surface area contributed by atoms with Gasteiger partial charge in [0.25, 0.3) is 5.91 Å². The van der Waals surface area contributed by atoms with Crippen molar-refractivity contribution in [1.82, 2.24) is 9.80 Å². The molecule has 0 aliphatic carbocycles. The summed E-state index contributed by atoms with van der Waals surface area (Å²) >= 11 is 0. The zero-order valence-corrected chi connectivity index (χ0v) is 15.5. The van der Waals surface area contributed by atoms with Crippen molar-refractivity contribution < 1.29 is 19.1 Å². The van der Waals surface area contributed by atoms with Crippen molar-refractivity contribution in [3.8, 4) is 11.5 Å². The molecular weight excluding hydrogens is 344 g/mol. The van der Waals surface area contributed by atoms with E-state index in [1.807, 2.05) is 41.3 Å². The highest BCUT2D eigenvalue weighted by Gasteiger charge is 2.30. The lowest BCUT2D eigenvalue weighted by Gasteiger charge is -2.31. The Morgan fingerprint density at radius 3 is 2.41 bits per heavy atom. The van der Waals surface area contributed by atoms with E-state index in [2.05, 4.69) is 0 Å². The molecule has 0 aromatic heterocycles. The molecule has 2 aliphatic rings. The largest absolute Gasteiger partial charge is 0.493 e. The van der Waals surface area contributed by atoms with E-state index < -0.39 is 0 Å². The highest BCUT2D eigenvalue weighted by Crippen LogP contribution is 2.33. The molecule has 4 rings (SSSR count). The van der Waals surface area contributed by atoms with E-state index in [1.165, 1.54) is 5.56 Å². The molecular formula is C21H22N2O4. The molecule has 0 atom stereocenters. The Morgan fingerprint density at radius 1 is 1.00 bits per heavy atom. The van der Waals surface area contributed by atoms with Gasteiger partial charge in [0.2, 0.25) is 5.91 Å². The second-order valence-corrected chi connectivity index (χ2v) is 6.86. The van der Waals surface area contributed by atoms with E-state index in [-0.39, 0.29) is 18.4 Å². The summed E-state index contributed by atoms with van der Waals surface area (Å²) in [5.41, 5.74) is 3.91. The number of benzene rings is 2. The van der Waals surface area contributed by atoms with Crippen LogP contribution in [0.2, 0.25) is 0 Å². The Kier molecular flexibility index (Phi) is 4.48. The maximum absolute atomic E-state index is 12.8. The molecule has 2 aromatic rings. The summed E-state index contributed by atoms with van der Waals surface area (Å²) in [6.45, 7) is 1.76. The van der Waals surface area contributed by atoms with Crippen molar-refractivity contribution in [2.75, 3.05) is 27.3 Å². The molecule has 27 heavy (non-hydrogen) atoms. The van der Waals surface area contributed by atoms with E-state index in [9.17, 15) is 9.59 Å². The van der Waals surface area contributed by atoms with Crippen LogP contribution in [0.4, 0.5) is 0 Å². The van der Waals surface area contributed by atoms with Gasteiger partial charge in [0, 0.05) is 25.2 Å². The van der Waals surface area contributed by atoms with Crippen molar-refractivity contribution >= 4 is 11.8 Å². The highest BCUT2D eigenvalue weighted by atomic mass is 16.5. The third kappa shape index (κ3) is 3.12. The third-order valence-corrected chi connectivity index (χ3v) is 5.29. The molecule has 0 unspecified atom stereocenters. The predicted octanol–water partition coefficient (Wildman–Crippen LogP) is 2.24. The minimum atomic E-state index is -0.0669. The second-order valence-electron chi connectivity index (χ2n) is 6.86. The summed E-state index contributed by atoms with van der Waals surface area (Å²) in [5.74, 6) is 1.27. The van der Waals surface area contributed by atoms with E-state index in [0.29, 0.717) is 36.7 Å². The van der Waals surface area contributed by atoms with Gasteiger partial charge in [0.05, 0.1) is 14.2 Å². The molecule has 0 N–H and O–H groups in total. The molecule has 0 spiro atoms. The van der Waals surface area contributed by atoms with Gasteiger partial charge in [-0.2, -0.15) is 0 Å². The number of hydrogen-bond acceptors (Lipinski definition) is 4. The Morgan fingerprint density at radius 2 is 1.70 bits per heavy atom. The van der Waals surface area contributed by atoms with Crippen LogP contribution in [0.3, 0.4) is 0 Å². The smallest absolute Gasteiger partial charge is 0.254 e. The van der Waals surface area contributed by atoms with Crippen LogP contribution in [0.25, 0.3) is 0 Å². The summed E-state index contributed by atoms with van der Waals surface area (Å²) < 4.78 is 10.7. The maximum Gasteiger partial charge on any atom is 0.254 e. The predicted molar refractivity (Wildman–Crippen MR) is 99.8 cm³/mol. The number of carbonyl (C=O) groups excluding carboxylic acids is 2. The van der Waals surface area contributed by atoms with Crippen molar-refractivity contribution in [3.05, 3.63) is 58.7 Å². The van der Waals surface area contributed by atoms with Gasteiger partial charge in [-0.1, -0.05) is 18.2 Å². The van der Waals surface area contributed by atoms with Crippen LogP contribution in [-0.4, -0.2) is 48.9 Å². The molecule has 2 heterocycles. The van der Waals surface area contributed by atoms with Crippen molar-refractivity contribution in [3.63, 3.8) is 0 Å². The number of methoxy groups -OCH3 is 2. The van der Waals surface area contributed by atoms with Gasteiger partial charge in [-0.05, 0) is 41.3 Å². The zero-order valence-electron chi connectivity index (χ0n) is 15.5. The fourth-order valence-electron chi connectivity index (χ4n) is 3.80. The minimum absolute atomic E-state index is 0.0309. The molecule has 2 aliphatic heterocycles. The first kappa shape index (κ1) is 17.4. The van der Waals surface area contributed by atoms with Crippen molar-refractivity contribution in [1.29, 1.82) is 0 Å². The number of nitrogens with zero attached hydrogens (tertiary/aromatic N) is 2. The minimum Gasteiger partial charge on any atom is -0.493 e. The molecule has 0 saturated heterocycles. The summed E-state index contributed by atoms with van der Waals surface area (Å²) in [6, 6.07) is 11.4. The van der Waals surface area contributed by atoms with E-state index in [4.69, 9.17) is 9.47 Å². The van der Waals surface area contributed by atoms with Crippen LogP contribution in [0.5, 0.6) is 11.5 Å². The average molecular weight is 366 g/mol. The lowest BCUT2D eigenvalue weighted by molar-refractivity contribution is -0.132.